The van der Waals surface area contributed by atoms with Crippen molar-refractivity contribution in [3.63, 3.8) is 0 Å². The molecule has 1 atom stereocenters. The molecule has 5 nitrogen and oxygen atoms in total. The van der Waals surface area contributed by atoms with Gasteiger partial charge in [0.25, 0.3) is 0 Å². The largest absolute Gasteiger partial charge is 0.294 e. The van der Waals surface area contributed by atoms with Crippen LogP contribution >= 0.6 is 34.7 Å². The zero-order valence-electron chi connectivity index (χ0n) is 18.1. The normalized spacial score (nSPS) is 18.6. The number of nitrogens with zero attached hydrogens (tertiary/aromatic N) is 3. The van der Waals surface area contributed by atoms with Gasteiger partial charge in [-0.05, 0) is 42.5 Å². The van der Waals surface area contributed by atoms with Gasteiger partial charge in [-0.1, -0.05) is 77.2 Å². The van der Waals surface area contributed by atoms with Gasteiger partial charge in [0.2, 0.25) is 11.0 Å². The van der Waals surface area contributed by atoms with E-state index in [2.05, 4.69) is 10.2 Å². The van der Waals surface area contributed by atoms with E-state index in [4.69, 9.17) is 11.6 Å². The average Bonchev–Trinajstić information content (AvgIpc) is 3.27. The number of aryl methyl sites for hydroxylation is 1. The predicted molar refractivity (Wildman–Crippen MR) is 133 cm³/mol. The third-order valence-electron chi connectivity index (χ3n) is 6.14. The van der Waals surface area contributed by atoms with Gasteiger partial charge in [-0.3, -0.25) is 14.5 Å². The summed E-state index contributed by atoms with van der Waals surface area (Å²) in [5.74, 6) is 0.583. The first-order valence-corrected chi connectivity index (χ1v) is 13.1. The van der Waals surface area contributed by atoms with E-state index in [0.29, 0.717) is 23.7 Å². The van der Waals surface area contributed by atoms with Gasteiger partial charge in [-0.25, -0.2) is 0 Å². The molecule has 1 aliphatic heterocycles. The SMILES string of the molecule is Cc1ccccc1[C@H]1CC(=O)N(c2nnc(SCc3ccccc3Cl)s2)C2=C1C(=O)CCC2. The molecule has 168 valence electrons. The number of hydrogen-bond donors (Lipinski definition) is 0. The van der Waals surface area contributed by atoms with Crippen LogP contribution in [0.4, 0.5) is 5.13 Å². The molecule has 2 aliphatic rings. The lowest BCUT2D eigenvalue weighted by Crippen LogP contribution is -2.40. The second kappa shape index (κ2) is 9.41. The third kappa shape index (κ3) is 4.37. The van der Waals surface area contributed by atoms with Crippen molar-refractivity contribution in [3.05, 3.63) is 81.5 Å². The van der Waals surface area contributed by atoms with Crippen molar-refractivity contribution in [3.8, 4) is 0 Å². The van der Waals surface area contributed by atoms with Crippen molar-refractivity contribution in [2.45, 2.75) is 48.6 Å². The highest BCUT2D eigenvalue weighted by molar-refractivity contribution is 8.00. The number of rotatable bonds is 5. The smallest absolute Gasteiger partial charge is 0.234 e. The van der Waals surface area contributed by atoms with Crippen molar-refractivity contribution in [1.29, 1.82) is 0 Å². The van der Waals surface area contributed by atoms with E-state index in [1.807, 2.05) is 55.5 Å². The van der Waals surface area contributed by atoms with Crippen molar-refractivity contribution in [2.75, 3.05) is 4.90 Å². The summed E-state index contributed by atoms with van der Waals surface area (Å²) in [4.78, 5) is 28.1. The Balaban J connectivity index is 1.46. The van der Waals surface area contributed by atoms with Gasteiger partial charge in [-0.15, -0.1) is 10.2 Å². The Morgan fingerprint density at radius 2 is 1.88 bits per heavy atom. The number of carbonyl (C=O) groups excluding carboxylic acids is 2. The van der Waals surface area contributed by atoms with E-state index in [9.17, 15) is 9.59 Å². The lowest BCUT2D eigenvalue weighted by Gasteiger charge is -2.37. The third-order valence-corrected chi connectivity index (χ3v) is 8.59. The molecule has 0 spiro atoms. The molecule has 1 amide bonds. The number of hydrogen-bond acceptors (Lipinski definition) is 6. The van der Waals surface area contributed by atoms with Crippen LogP contribution in [0.3, 0.4) is 0 Å². The molecule has 0 saturated heterocycles. The topological polar surface area (TPSA) is 63.2 Å². The van der Waals surface area contributed by atoms with Crippen LogP contribution in [0.25, 0.3) is 0 Å². The van der Waals surface area contributed by atoms with Crippen LogP contribution in [0.15, 0.2) is 64.1 Å². The maximum absolute atomic E-state index is 13.4. The number of aromatic nitrogens is 2. The Hall–Kier alpha value is -2.48. The monoisotopic (exact) mass is 495 g/mol. The van der Waals surface area contributed by atoms with Crippen molar-refractivity contribution in [1.82, 2.24) is 10.2 Å². The summed E-state index contributed by atoms with van der Waals surface area (Å²) in [7, 11) is 0. The van der Waals surface area contributed by atoms with Gasteiger partial charge in [0.15, 0.2) is 10.1 Å². The Bertz CT molecular complexity index is 1270. The quantitative estimate of drug-likeness (QED) is 0.306. The molecule has 0 unspecified atom stereocenters. The van der Waals surface area contributed by atoms with Gasteiger partial charge in [0, 0.05) is 40.8 Å². The van der Waals surface area contributed by atoms with Gasteiger partial charge in [0.1, 0.15) is 0 Å². The molecule has 0 N–H and O–H groups in total. The van der Waals surface area contributed by atoms with Gasteiger partial charge in [0.05, 0.1) is 0 Å². The summed E-state index contributed by atoms with van der Waals surface area (Å²) in [6, 6.07) is 15.7. The van der Waals surface area contributed by atoms with Crippen molar-refractivity contribution >= 4 is 51.5 Å². The molecule has 3 aromatic rings. The highest BCUT2D eigenvalue weighted by Crippen LogP contribution is 2.45. The minimum Gasteiger partial charge on any atom is -0.294 e. The summed E-state index contributed by atoms with van der Waals surface area (Å²) in [5, 5.41) is 9.89. The lowest BCUT2D eigenvalue weighted by atomic mass is 9.76. The number of allylic oxidation sites excluding steroid dienone is 2. The molecule has 33 heavy (non-hydrogen) atoms. The fourth-order valence-corrected chi connectivity index (χ4v) is 6.73. The fourth-order valence-electron chi connectivity index (χ4n) is 4.56. The van der Waals surface area contributed by atoms with E-state index >= 15 is 0 Å². The number of carbonyl (C=O) groups is 2. The van der Waals surface area contributed by atoms with Crippen LogP contribution < -0.4 is 4.90 Å². The second-order valence-electron chi connectivity index (χ2n) is 8.21. The first kappa shape index (κ1) is 22.3. The van der Waals surface area contributed by atoms with Crippen LogP contribution in [0, 0.1) is 6.92 Å². The van der Waals surface area contributed by atoms with E-state index in [0.717, 1.165) is 43.7 Å². The average molecular weight is 496 g/mol. The maximum atomic E-state index is 13.4. The molecule has 0 fully saturated rings. The molecule has 0 saturated carbocycles. The van der Waals surface area contributed by atoms with Crippen molar-refractivity contribution < 1.29 is 9.59 Å². The van der Waals surface area contributed by atoms with Gasteiger partial charge in [-0.2, -0.15) is 0 Å². The number of benzene rings is 2. The van der Waals surface area contributed by atoms with Crippen molar-refractivity contribution in [2.24, 2.45) is 0 Å². The minimum atomic E-state index is -0.195. The molecule has 1 aromatic heterocycles. The Labute approximate surface area is 205 Å². The summed E-state index contributed by atoms with van der Waals surface area (Å²) in [6.07, 6.45) is 2.22. The summed E-state index contributed by atoms with van der Waals surface area (Å²) < 4.78 is 0.767. The lowest BCUT2D eigenvalue weighted by molar-refractivity contribution is -0.119. The van der Waals surface area contributed by atoms with Gasteiger partial charge < -0.3 is 0 Å². The number of ketones is 1. The second-order valence-corrected chi connectivity index (χ2v) is 10.8. The molecular weight excluding hydrogens is 474 g/mol. The molecular formula is C25H22ClN3O2S2. The first-order chi connectivity index (χ1) is 16.0. The fraction of sp³-hybridized carbons (Fsp3) is 0.280. The molecule has 0 bridgehead atoms. The predicted octanol–water partition coefficient (Wildman–Crippen LogP) is 6.32. The van der Waals surface area contributed by atoms with Crippen LogP contribution in [0.2, 0.25) is 5.02 Å². The number of amides is 1. The highest BCUT2D eigenvalue weighted by atomic mass is 35.5. The van der Waals surface area contributed by atoms with E-state index in [1.165, 1.54) is 11.3 Å². The number of Topliss-reactive ketones (excluding diaryl/α,β-unsaturated/α-hetero) is 1. The first-order valence-electron chi connectivity index (χ1n) is 10.9. The molecule has 8 heteroatoms. The summed E-state index contributed by atoms with van der Waals surface area (Å²) in [5.41, 5.74) is 4.76. The van der Waals surface area contributed by atoms with Crippen LogP contribution in [0.5, 0.6) is 0 Å². The highest BCUT2D eigenvalue weighted by Gasteiger charge is 2.41. The molecule has 1 aliphatic carbocycles. The standard InChI is InChI=1S/C25H22ClN3O2S2/c1-15-7-2-4-9-17(15)18-13-22(31)29(20-11-6-12-21(30)23(18)20)24-27-28-25(33-24)32-14-16-8-3-5-10-19(16)26/h2-5,7-10,18H,6,11-14H2,1H3/t18-/m1/s1. The van der Waals surface area contributed by atoms with E-state index in [-0.39, 0.29) is 24.0 Å². The molecule has 5 rings (SSSR count). The number of thioether (sulfide) groups is 1. The zero-order valence-corrected chi connectivity index (χ0v) is 20.5. The molecule has 2 heterocycles. The zero-order chi connectivity index (χ0) is 22.9. The Morgan fingerprint density at radius 1 is 1.09 bits per heavy atom. The van der Waals surface area contributed by atoms with Gasteiger partial charge >= 0.3 is 0 Å². The van der Waals surface area contributed by atoms with E-state index in [1.54, 1.807) is 16.7 Å². The number of halogens is 1. The Kier molecular flexibility index (Phi) is 6.36. The number of anilines is 1. The molecule has 2 aromatic carbocycles. The van der Waals surface area contributed by atoms with Crippen LogP contribution in [-0.2, 0) is 15.3 Å². The summed E-state index contributed by atoms with van der Waals surface area (Å²) in [6.45, 7) is 2.03. The summed E-state index contributed by atoms with van der Waals surface area (Å²) >= 11 is 9.19. The maximum Gasteiger partial charge on any atom is 0.234 e. The van der Waals surface area contributed by atoms with E-state index < -0.39 is 0 Å². The minimum absolute atomic E-state index is 0.0319. The Morgan fingerprint density at radius 3 is 2.70 bits per heavy atom. The van der Waals surface area contributed by atoms with Crippen LogP contribution in [0.1, 0.15) is 48.3 Å². The van der Waals surface area contributed by atoms with Crippen LogP contribution in [-0.4, -0.2) is 21.9 Å². The molecule has 0 radical (unpaired) electrons.